The zero-order valence-electron chi connectivity index (χ0n) is 11.8. The second-order valence-electron chi connectivity index (χ2n) is 5.34. The standard InChI is InChI=1S/C13H21N3O3/c1-10(12(18)19-13(2,3)4)15-11(17)6-9-16-8-5-7-14-16/h5,7-8,10H,6,9H2,1-4H3,(H,15,17)/t10-/m1/s1. The molecule has 1 amide bonds. The molecule has 1 aromatic heterocycles. The highest BCUT2D eigenvalue weighted by Gasteiger charge is 2.22. The molecule has 0 saturated heterocycles. The summed E-state index contributed by atoms with van der Waals surface area (Å²) in [5.74, 6) is -0.631. The van der Waals surface area contributed by atoms with E-state index in [1.807, 2.05) is 0 Å². The first kappa shape index (κ1) is 15.2. The van der Waals surface area contributed by atoms with Crippen molar-refractivity contribution in [2.45, 2.75) is 52.3 Å². The number of hydrogen-bond acceptors (Lipinski definition) is 4. The van der Waals surface area contributed by atoms with Crippen LogP contribution >= 0.6 is 0 Å². The van der Waals surface area contributed by atoms with Crippen LogP contribution in [0.3, 0.4) is 0 Å². The number of aryl methyl sites for hydroxylation is 1. The molecule has 1 heterocycles. The molecule has 1 rings (SSSR count). The van der Waals surface area contributed by atoms with Crippen LogP contribution in [-0.4, -0.2) is 33.3 Å². The number of aromatic nitrogens is 2. The molecule has 0 aliphatic carbocycles. The molecule has 0 aliphatic heterocycles. The Hall–Kier alpha value is -1.85. The van der Waals surface area contributed by atoms with Gasteiger partial charge in [-0.1, -0.05) is 0 Å². The summed E-state index contributed by atoms with van der Waals surface area (Å²) in [5, 5.41) is 6.61. The Bertz CT molecular complexity index is 421. The van der Waals surface area contributed by atoms with E-state index in [-0.39, 0.29) is 12.3 Å². The van der Waals surface area contributed by atoms with E-state index in [0.717, 1.165) is 0 Å². The van der Waals surface area contributed by atoms with E-state index in [0.29, 0.717) is 6.54 Å². The van der Waals surface area contributed by atoms with Gasteiger partial charge in [-0.25, -0.2) is 4.79 Å². The lowest BCUT2D eigenvalue weighted by Crippen LogP contribution is -2.42. The van der Waals surface area contributed by atoms with Gasteiger partial charge in [0.25, 0.3) is 0 Å². The Balaban J connectivity index is 2.33. The van der Waals surface area contributed by atoms with E-state index in [1.165, 1.54) is 0 Å². The first-order valence-corrected chi connectivity index (χ1v) is 6.27. The summed E-state index contributed by atoms with van der Waals surface area (Å²) in [6, 6.07) is 1.14. The number of ether oxygens (including phenoxy) is 1. The van der Waals surface area contributed by atoms with Crippen molar-refractivity contribution in [3.8, 4) is 0 Å². The molecule has 0 spiro atoms. The van der Waals surface area contributed by atoms with Crippen LogP contribution in [0.2, 0.25) is 0 Å². The van der Waals surface area contributed by atoms with Crippen LogP contribution in [0.4, 0.5) is 0 Å². The topological polar surface area (TPSA) is 73.2 Å². The van der Waals surface area contributed by atoms with Gasteiger partial charge in [-0.3, -0.25) is 9.48 Å². The highest BCUT2D eigenvalue weighted by Crippen LogP contribution is 2.08. The molecule has 0 aromatic carbocycles. The van der Waals surface area contributed by atoms with Gasteiger partial charge in [0.15, 0.2) is 0 Å². The molecule has 106 valence electrons. The van der Waals surface area contributed by atoms with Gasteiger partial charge in [-0.15, -0.1) is 0 Å². The number of hydrogen-bond donors (Lipinski definition) is 1. The van der Waals surface area contributed by atoms with Gasteiger partial charge < -0.3 is 10.1 Å². The summed E-state index contributed by atoms with van der Waals surface area (Å²) < 4.78 is 6.84. The predicted molar refractivity (Wildman–Crippen MR) is 70.3 cm³/mol. The van der Waals surface area contributed by atoms with Crippen molar-refractivity contribution in [3.63, 3.8) is 0 Å². The lowest BCUT2D eigenvalue weighted by Gasteiger charge is -2.22. The lowest BCUT2D eigenvalue weighted by atomic mass is 10.2. The SMILES string of the molecule is C[C@@H](NC(=O)CCn1cccn1)C(=O)OC(C)(C)C. The highest BCUT2D eigenvalue weighted by atomic mass is 16.6. The number of amides is 1. The van der Waals surface area contributed by atoms with Crippen LogP contribution in [0.25, 0.3) is 0 Å². The molecular weight excluding hydrogens is 246 g/mol. The second kappa shape index (κ2) is 6.36. The Morgan fingerprint density at radius 1 is 1.42 bits per heavy atom. The number of nitrogens with zero attached hydrogens (tertiary/aromatic N) is 2. The summed E-state index contributed by atoms with van der Waals surface area (Å²) in [6.07, 6.45) is 3.71. The fourth-order valence-corrected chi connectivity index (χ4v) is 1.41. The third kappa shape index (κ3) is 6.03. The Labute approximate surface area is 113 Å². The first-order valence-electron chi connectivity index (χ1n) is 6.27. The summed E-state index contributed by atoms with van der Waals surface area (Å²) in [6.45, 7) is 7.46. The maximum Gasteiger partial charge on any atom is 0.328 e. The predicted octanol–water partition coefficient (Wildman–Crippen LogP) is 1.12. The van der Waals surface area contributed by atoms with Crippen molar-refractivity contribution in [1.82, 2.24) is 15.1 Å². The molecule has 1 aromatic rings. The molecule has 6 nitrogen and oxygen atoms in total. The fourth-order valence-electron chi connectivity index (χ4n) is 1.41. The van der Waals surface area contributed by atoms with Crippen LogP contribution < -0.4 is 5.32 Å². The van der Waals surface area contributed by atoms with E-state index in [4.69, 9.17) is 4.74 Å². The number of carbonyl (C=O) groups excluding carboxylic acids is 2. The molecule has 0 unspecified atom stereocenters. The van der Waals surface area contributed by atoms with Gasteiger partial charge in [-0.05, 0) is 33.8 Å². The van der Waals surface area contributed by atoms with Crippen molar-refractivity contribution in [2.75, 3.05) is 0 Å². The average Bonchev–Trinajstić information content (AvgIpc) is 2.76. The van der Waals surface area contributed by atoms with Crippen LogP contribution in [0.1, 0.15) is 34.1 Å². The Morgan fingerprint density at radius 3 is 2.63 bits per heavy atom. The highest BCUT2D eigenvalue weighted by molar-refractivity contribution is 5.84. The molecule has 1 N–H and O–H groups in total. The van der Waals surface area contributed by atoms with Gasteiger partial charge >= 0.3 is 5.97 Å². The molecule has 1 atom stereocenters. The minimum atomic E-state index is -0.649. The van der Waals surface area contributed by atoms with E-state index in [9.17, 15) is 9.59 Å². The average molecular weight is 267 g/mol. The van der Waals surface area contributed by atoms with Gasteiger partial charge in [0.2, 0.25) is 5.91 Å². The first-order chi connectivity index (χ1) is 8.78. The van der Waals surface area contributed by atoms with Crippen molar-refractivity contribution in [1.29, 1.82) is 0 Å². The molecule has 6 heteroatoms. The Morgan fingerprint density at radius 2 is 2.11 bits per heavy atom. The third-order valence-corrected chi connectivity index (χ3v) is 2.26. The van der Waals surface area contributed by atoms with Crippen LogP contribution in [0, 0.1) is 0 Å². The smallest absolute Gasteiger partial charge is 0.328 e. The molecular formula is C13H21N3O3. The van der Waals surface area contributed by atoms with E-state index in [1.54, 1.807) is 50.8 Å². The van der Waals surface area contributed by atoms with Crippen LogP contribution in [0.15, 0.2) is 18.5 Å². The second-order valence-corrected chi connectivity index (χ2v) is 5.34. The maximum atomic E-state index is 11.7. The molecule has 0 saturated carbocycles. The van der Waals surface area contributed by atoms with Crippen molar-refractivity contribution in [2.24, 2.45) is 0 Å². The molecule has 19 heavy (non-hydrogen) atoms. The van der Waals surface area contributed by atoms with E-state index in [2.05, 4.69) is 10.4 Å². The summed E-state index contributed by atoms with van der Waals surface area (Å²) >= 11 is 0. The van der Waals surface area contributed by atoms with E-state index < -0.39 is 17.6 Å². The monoisotopic (exact) mass is 267 g/mol. The summed E-state index contributed by atoms with van der Waals surface area (Å²) in [4.78, 5) is 23.3. The fraction of sp³-hybridized carbons (Fsp3) is 0.615. The normalized spacial score (nSPS) is 12.8. The van der Waals surface area contributed by atoms with Gasteiger partial charge in [0.1, 0.15) is 11.6 Å². The van der Waals surface area contributed by atoms with E-state index >= 15 is 0 Å². The third-order valence-electron chi connectivity index (χ3n) is 2.26. The zero-order valence-corrected chi connectivity index (χ0v) is 11.8. The molecule has 0 aliphatic rings. The summed E-state index contributed by atoms with van der Waals surface area (Å²) in [5.41, 5.74) is -0.550. The zero-order chi connectivity index (χ0) is 14.5. The molecule has 0 radical (unpaired) electrons. The van der Waals surface area contributed by atoms with Crippen LogP contribution in [-0.2, 0) is 20.9 Å². The quantitative estimate of drug-likeness (QED) is 0.811. The van der Waals surface area contributed by atoms with Gasteiger partial charge in [0, 0.05) is 25.4 Å². The minimum Gasteiger partial charge on any atom is -0.458 e. The number of rotatable bonds is 5. The van der Waals surface area contributed by atoms with Gasteiger partial charge in [-0.2, -0.15) is 5.10 Å². The molecule has 0 bridgehead atoms. The van der Waals surface area contributed by atoms with Crippen molar-refractivity contribution >= 4 is 11.9 Å². The minimum absolute atomic E-state index is 0.200. The van der Waals surface area contributed by atoms with Crippen molar-refractivity contribution in [3.05, 3.63) is 18.5 Å². The Kier molecular flexibility index (Phi) is 5.09. The summed E-state index contributed by atoms with van der Waals surface area (Å²) in [7, 11) is 0. The molecule has 0 fully saturated rings. The number of esters is 1. The maximum absolute atomic E-state index is 11.7. The number of nitrogens with one attached hydrogen (secondary N) is 1. The largest absolute Gasteiger partial charge is 0.458 e. The van der Waals surface area contributed by atoms with Gasteiger partial charge in [0.05, 0.1) is 0 Å². The van der Waals surface area contributed by atoms with Crippen molar-refractivity contribution < 1.29 is 14.3 Å². The van der Waals surface area contributed by atoms with Crippen LogP contribution in [0.5, 0.6) is 0 Å². The number of carbonyl (C=O) groups is 2. The lowest BCUT2D eigenvalue weighted by molar-refractivity contribution is -0.158.